The van der Waals surface area contributed by atoms with Crippen LogP contribution in [0.4, 0.5) is 0 Å². The highest BCUT2D eigenvalue weighted by Gasteiger charge is 2.19. The predicted octanol–water partition coefficient (Wildman–Crippen LogP) is 1.97. The maximum absolute atomic E-state index is 11.8. The number of benzene rings is 1. The highest BCUT2D eigenvalue weighted by molar-refractivity contribution is 7.99. The molecule has 0 spiro atoms. The summed E-state index contributed by atoms with van der Waals surface area (Å²) in [7, 11) is 0. The van der Waals surface area contributed by atoms with Gasteiger partial charge in [-0.25, -0.2) is 0 Å². The number of carbonyl (C=O) groups is 1. The highest BCUT2D eigenvalue weighted by Crippen LogP contribution is 2.28. The number of phenolic OH excluding ortho intramolecular Hbond substituents is 2. The van der Waals surface area contributed by atoms with E-state index in [1.54, 1.807) is 11.8 Å². The van der Waals surface area contributed by atoms with Crippen molar-refractivity contribution in [1.82, 2.24) is 5.32 Å². The van der Waals surface area contributed by atoms with Gasteiger partial charge in [0.2, 0.25) is 0 Å². The molecule has 1 aromatic carbocycles. The normalized spacial score (nSPS) is 11.2. The summed E-state index contributed by atoms with van der Waals surface area (Å²) >= 11 is 1.65. The Morgan fingerprint density at radius 3 is 2.65 bits per heavy atom. The van der Waals surface area contributed by atoms with Gasteiger partial charge in [-0.05, 0) is 32.2 Å². The van der Waals surface area contributed by atoms with Crippen molar-refractivity contribution in [1.29, 1.82) is 0 Å². The number of hydrogen-bond donors (Lipinski definition) is 3. The van der Waals surface area contributed by atoms with Gasteiger partial charge in [0, 0.05) is 11.3 Å². The molecule has 0 saturated heterocycles. The number of nitrogens with one attached hydrogen (secondary N) is 1. The van der Waals surface area contributed by atoms with E-state index in [-0.39, 0.29) is 27.7 Å². The standard InChI is InChI=1S/C12H17NO3S/c1-12(2,17-3)7-13-11(16)8-5-4-6-9(14)10(8)15/h4-6,14-15H,7H2,1-3H3,(H,13,16). The highest BCUT2D eigenvalue weighted by atomic mass is 32.2. The van der Waals surface area contributed by atoms with Crippen molar-refractivity contribution in [2.45, 2.75) is 18.6 Å². The molecule has 0 aromatic heterocycles. The first-order valence-corrected chi connectivity index (χ1v) is 6.44. The minimum absolute atomic E-state index is 0.0674. The van der Waals surface area contributed by atoms with Crippen molar-refractivity contribution in [3.8, 4) is 11.5 Å². The zero-order chi connectivity index (χ0) is 13.1. The second-order valence-corrected chi connectivity index (χ2v) is 5.83. The smallest absolute Gasteiger partial charge is 0.255 e. The van der Waals surface area contributed by atoms with Crippen molar-refractivity contribution < 1.29 is 15.0 Å². The average Bonchev–Trinajstić information content (AvgIpc) is 2.30. The molecule has 0 aliphatic heterocycles. The molecule has 0 radical (unpaired) electrons. The van der Waals surface area contributed by atoms with Gasteiger partial charge in [0.1, 0.15) is 0 Å². The molecule has 3 N–H and O–H groups in total. The second-order valence-electron chi connectivity index (χ2n) is 4.32. The van der Waals surface area contributed by atoms with Crippen LogP contribution in [0.2, 0.25) is 0 Å². The molecular formula is C12H17NO3S. The summed E-state index contributed by atoms with van der Waals surface area (Å²) in [5.74, 6) is -1.06. The van der Waals surface area contributed by atoms with Crippen LogP contribution in [0.5, 0.6) is 11.5 Å². The van der Waals surface area contributed by atoms with Gasteiger partial charge in [0.15, 0.2) is 11.5 Å². The third-order valence-corrected chi connectivity index (χ3v) is 3.74. The molecule has 0 unspecified atom stereocenters. The van der Waals surface area contributed by atoms with Crippen molar-refractivity contribution in [3.63, 3.8) is 0 Å². The maximum Gasteiger partial charge on any atom is 0.255 e. The molecule has 0 aliphatic carbocycles. The van der Waals surface area contributed by atoms with E-state index in [0.717, 1.165) is 0 Å². The van der Waals surface area contributed by atoms with Gasteiger partial charge < -0.3 is 15.5 Å². The Labute approximate surface area is 105 Å². The fourth-order valence-electron chi connectivity index (χ4n) is 1.18. The Bertz CT molecular complexity index is 418. The quantitative estimate of drug-likeness (QED) is 0.719. The zero-order valence-corrected chi connectivity index (χ0v) is 11.0. The monoisotopic (exact) mass is 255 g/mol. The Morgan fingerprint density at radius 1 is 1.41 bits per heavy atom. The van der Waals surface area contributed by atoms with Crippen LogP contribution in [0.1, 0.15) is 24.2 Å². The number of para-hydroxylation sites is 1. The van der Waals surface area contributed by atoms with Gasteiger partial charge in [-0.1, -0.05) is 6.07 Å². The molecular weight excluding hydrogens is 238 g/mol. The van der Waals surface area contributed by atoms with Crippen molar-refractivity contribution in [2.24, 2.45) is 0 Å². The molecule has 17 heavy (non-hydrogen) atoms. The van der Waals surface area contributed by atoms with Gasteiger partial charge in [0.25, 0.3) is 5.91 Å². The van der Waals surface area contributed by atoms with Crippen LogP contribution in [0.25, 0.3) is 0 Å². The Balaban J connectivity index is 2.74. The fourth-order valence-corrected chi connectivity index (χ4v) is 1.39. The molecule has 0 bridgehead atoms. The molecule has 0 aliphatic rings. The van der Waals surface area contributed by atoms with E-state index in [4.69, 9.17) is 0 Å². The molecule has 94 valence electrons. The summed E-state index contributed by atoms with van der Waals surface area (Å²) in [5.41, 5.74) is 0.0851. The molecule has 0 saturated carbocycles. The summed E-state index contributed by atoms with van der Waals surface area (Å²) in [4.78, 5) is 11.8. The van der Waals surface area contributed by atoms with Crippen LogP contribution in [0.3, 0.4) is 0 Å². The zero-order valence-electron chi connectivity index (χ0n) is 10.2. The van der Waals surface area contributed by atoms with Gasteiger partial charge in [0.05, 0.1) is 5.56 Å². The van der Waals surface area contributed by atoms with Crippen LogP contribution < -0.4 is 5.32 Å². The summed E-state index contributed by atoms with van der Waals surface area (Å²) in [5, 5.41) is 21.6. The topological polar surface area (TPSA) is 69.6 Å². The lowest BCUT2D eigenvalue weighted by atomic mass is 10.1. The molecule has 1 aromatic rings. The van der Waals surface area contributed by atoms with E-state index in [2.05, 4.69) is 5.32 Å². The van der Waals surface area contributed by atoms with Crippen LogP contribution in [0, 0.1) is 0 Å². The van der Waals surface area contributed by atoms with Crippen molar-refractivity contribution in [3.05, 3.63) is 23.8 Å². The average molecular weight is 255 g/mol. The fraction of sp³-hybridized carbons (Fsp3) is 0.417. The van der Waals surface area contributed by atoms with Crippen LogP contribution in [0.15, 0.2) is 18.2 Å². The van der Waals surface area contributed by atoms with Gasteiger partial charge in [-0.3, -0.25) is 4.79 Å². The number of rotatable bonds is 4. The van der Waals surface area contributed by atoms with Gasteiger partial charge in [-0.2, -0.15) is 11.8 Å². The first-order chi connectivity index (χ1) is 7.87. The minimum Gasteiger partial charge on any atom is -0.504 e. The van der Waals surface area contributed by atoms with E-state index < -0.39 is 0 Å². The molecule has 0 atom stereocenters. The molecule has 0 heterocycles. The predicted molar refractivity (Wildman–Crippen MR) is 69.7 cm³/mol. The number of aromatic hydroxyl groups is 2. The van der Waals surface area contributed by atoms with E-state index >= 15 is 0 Å². The molecule has 1 amide bonds. The van der Waals surface area contributed by atoms with E-state index in [1.165, 1.54) is 18.2 Å². The van der Waals surface area contributed by atoms with Gasteiger partial charge >= 0.3 is 0 Å². The van der Waals surface area contributed by atoms with Crippen LogP contribution >= 0.6 is 11.8 Å². The minimum atomic E-state index is -0.388. The van der Waals surface area contributed by atoms with E-state index in [0.29, 0.717) is 6.54 Å². The lowest BCUT2D eigenvalue weighted by Gasteiger charge is -2.22. The summed E-state index contributed by atoms with van der Waals surface area (Å²) in [6.45, 7) is 4.52. The number of amides is 1. The number of thioether (sulfide) groups is 1. The Hall–Kier alpha value is -1.36. The number of phenols is 2. The van der Waals surface area contributed by atoms with E-state index in [1.807, 2.05) is 20.1 Å². The van der Waals surface area contributed by atoms with Crippen LogP contribution in [-0.4, -0.2) is 33.7 Å². The van der Waals surface area contributed by atoms with Crippen molar-refractivity contribution in [2.75, 3.05) is 12.8 Å². The SMILES string of the molecule is CSC(C)(C)CNC(=O)c1cccc(O)c1O. The first-order valence-electron chi connectivity index (χ1n) is 5.21. The largest absolute Gasteiger partial charge is 0.504 e. The molecule has 1 rings (SSSR count). The molecule has 0 fully saturated rings. The van der Waals surface area contributed by atoms with E-state index in [9.17, 15) is 15.0 Å². The third-order valence-electron chi connectivity index (χ3n) is 2.49. The molecule has 4 nitrogen and oxygen atoms in total. The lowest BCUT2D eigenvalue weighted by molar-refractivity contribution is 0.0947. The molecule has 5 heteroatoms. The lowest BCUT2D eigenvalue weighted by Crippen LogP contribution is -2.36. The van der Waals surface area contributed by atoms with Crippen LogP contribution in [-0.2, 0) is 0 Å². The summed E-state index contributed by atoms with van der Waals surface area (Å²) in [6.07, 6.45) is 1.97. The number of carbonyl (C=O) groups excluding carboxylic acids is 1. The number of hydrogen-bond acceptors (Lipinski definition) is 4. The maximum atomic E-state index is 11.8. The third kappa shape index (κ3) is 3.56. The summed E-state index contributed by atoms with van der Waals surface area (Å²) < 4.78 is -0.0674. The van der Waals surface area contributed by atoms with Crippen molar-refractivity contribution >= 4 is 17.7 Å². The van der Waals surface area contributed by atoms with Gasteiger partial charge in [-0.15, -0.1) is 0 Å². The Kier molecular flexibility index (Phi) is 4.28. The summed E-state index contributed by atoms with van der Waals surface area (Å²) in [6, 6.07) is 4.32. The second kappa shape index (κ2) is 5.31. The Morgan fingerprint density at radius 2 is 2.06 bits per heavy atom. The first kappa shape index (κ1) is 13.7.